The van der Waals surface area contributed by atoms with Gasteiger partial charge in [-0.05, 0) is 37.3 Å². The van der Waals surface area contributed by atoms with Crippen molar-refractivity contribution < 1.29 is 15.0 Å². The number of amides is 1. The monoisotopic (exact) mass is 413 g/mol. The summed E-state index contributed by atoms with van der Waals surface area (Å²) in [5.41, 5.74) is 1.80. The molecule has 0 aliphatic rings. The molecule has 2 aromatic carbocycles. The van der Waals surface area contributed by atoms with E-state index in [1.54, 1.807) is 29.7 Å². The highest BCUT2D eigenvalue weighted by Gasteiger charge is 2.17. The van der Waals surface area contributed by atoms with E-state index < -0.39 is 5.91 Å². The van der Waals surface area contributed by atoms with E-state index in [4.69, 9.17) is 0 Å². The number of carbonyl (C=O) groups is 1. The van der Waals surface area contributed by atoms with Crippen molar-refractivity contribution in [3.63, 3.8) is 0 Å². The maximum Gasteiger partial charge on any atom is 0.299 e. The van der Waals surface area contributed by atoms with Gasteiger partial charge in [0.25, 0.3) is 5.91 Å². The van der Waals surface area contributed by atoms with Gasteiger partial charge >= 0.3 is 0 Å². The van der Waals surface area contributed by atoms with Gasteiger partial charge in [-0.1, -0.05) is 33.6 Å². The quantitative estimate of drug-likeness (QED) is 0.453. The number of nitrogens with zero attached hydrogens (tertiary/aromatic N) is 3. The molecule has 0 unspecified atom stereocenters. The summed E-state index contributed by atoms with van der Waals surface area (Å²) in [6.07, 6.45) is 1.65. The van der Waals surface area contributed by atoms with Crippen LogP contribution in [0.1, 0.15) is 15.9 Å². The lowest BCUT2D eigenvalue weighted by Crippen LogP contribution is -1.95. The largest absolute Gasteiger partial charge is 0.507 e. The number of halogens is 1. The average molecular weight is 414 g/mol. The Morgan fingerprint density at radius 2 is 2.04 bits per heavy atom. The number of benzene rings is 2. The minimum Gasteiger partial charge on any atom is -0.507 e. The number of aryl methyl sites for hydroxylation is 1. The summed E-state index contributed by atoms with van der Waals surface area (Å²) in [7, 11) is 0. The fourth-order valence-corrected chi connectivity index (χ4v) is 3.04. The molecular formula is C19H16BrN3O3. The first-order valence-corrected chi connectivity index (χ1v) is 8.59. The van der Waals surface area contributed by atoms with Crippen molar-refractivity contribution in [2.24, 2.45) is 10.2 Å². The zero-order valence-corrected chi connectivity index (χ0v) is 15.6. The number of hydrogen-bond acceptors (Lipinski definition) is 4. The Morgan fingerprint density at radius 3 is 2.77 bits per heavy atom. The summed E-state index contributed by atoms with van der Waals surface area (Å²) in [4.78, 5) is 12.3. The fourth-order valence-electron chi connectivity index (χ4n) is 2.68. The lowest BCUT2D eigenvalue weighted by atomic mass is 10.1. The number of carbonyl (C=O) groups excluding carboxylic acids is 1. The molecule has 0 bridgehead atoms. The normalized spacial score (nSPS) is 11.3. The van der Waals surface area contributed by atoms with Gasteiger partial charge in [-0.3, -0.25) is 4.79 Å². The van der Waals surface area contributed by atoms with Gasteiger partial charge in [0, 0.05) is 16.4 Å². The molecule has 3 rings (SSSR count). The molecule has 0 aliphatic heterocycles. The third-order valence-electron chi connectivity index (χ3n) is 3.91. The Morgan fingerprint density at radius 1 is 1.27 bits per heavy atom. The van der Waals surface area contributed by atoms with Crippen molar-refractivity contribution in [1.29, 1.82) is 0 Å². The lowest BCUT2D eigenvalue weighted by molar-refractivity contribution is 0.0992. The van der Waals surface area contributed by atoms with E-state index in [-0.39, 0.29) is 22.9 Å². The number of rotatable bonds is 4. The van der Waals surface area contributed by atoms with Crippen LogP contribution in [0.2, 0.25) is 0 Å². The van der Waals surface area contributed by atoms with Crippen LogP contribution in [0.5, 0.6) is 11.6 Å². The summed E-state index contributed by atoms with van der Waals surface area (Å²) in [6, 6.07) is 10.1. The Hall–Kier alpha value is -2.93. The highest BCUT2D eigenvalue weighted by molar-refractivity contribution is 9.10. The van der Waals surface area contributed by atoms with Gasteiger partial charge in [-0.15, -0.1) is 16.8 Å². The first-order chi connectivity index (χ1) is 12.4. The first kappa shape index (κ1) is 17.9. The van der Waals surface area contributed by atoms with Crippen LogP contribution < -0.4 is 0 Å². The average Bonchev–Trinajstić information content (AvgIpc) is 2.86. The van der Waals surface area contributed by atoms with E-state index >= 15 is 0 Å². The molecule has 26 heavy (non-hydrogen) atoms. The minimum absolute atomic E-state index is 0.0595. The highest BCUT2D eigenvalue weighted by atomic mass is 79.9. The number of azo groups is 1. The molecule has 0 atom stereocenters. The second-order valence-electron chi connectivity index (χ2n) is 5.76. The molecule has 132 valence electrons. The molecule has 2 N–H and O–H groups in total. The lowest BCUT2D eigenvalue weighted by Gasteiger charge is -2.02. The second-order valence-corrected chi connectivity index (χ2v) is 6.67. The highest BCUT2D eigenvalue weighted by Crippen LogP contribution is 2.40. The van der Waals surface area contributed by atoms with Crippen LogP contribution >= 0.6 is 15.9 Å². The smallest absolute Gasteiger partial charge is 0.299 e. The van der Waals surface area contributed by atoms with Crippen LogP contribution in [-0.4, -0.2) is 20.7 Å². The zero-order valence-electron chi connectivity index (χ0n) is 14.0. The topological polar surface area (TPSA) is 87.2 Å². The van der Waals surface area contributed by atoms with Gasteiger partial charge in [0.1, 0.15) is 5.75 Å². The van der Waals surface area contributed by atoms with Crippen LogP contribution in [0.15, 0.2) is 63.8 Å². The molecule has 1 amide bonds. The molecule has 7 heteroatoms. The Kier molecular flexibility index (Phi) is 4.90. The maximum absolute atomic E-state index is 12.3. The number of phenolic OH excluding ortho intramolecular Hbond substituents is 1. The van der Waals surface area contributed by atoms with Gasteiger partial charge in [-0.25, -0.2) is 0 Å². The fraction of sp³-hybridized carbons (Fsp3) is 0.105. The number of phenols is 1. The van der Waals surface area contributed by atoms with Crippen LogP contribution in [0.25, 0.3) is 10.9 Å². The molecule has 6 nitrogen and oxygen atoms in total. The van der Waals surface area contributed by atoms with Crippen LogP contribution in [0.4, 0.5) is 5.69 Å². The summed E-state index contributed by atoms with van der Waals surface area (Å²) in [5.74, 6) is -0.964. The molecule has 0 spiro atoms. The Balaban J connectivity index is 2.08. The van der Waals surface area contributed by atoms with Crippen molar-refractivity contribution in [2.75, 3.05) is 0 Å². The Bertz CT molecular complexity index is 1050. The summed E-state index contributed by atoms with van der Waals surface area (Å²) >= 11 is 3.39. The third-order valence-corrected chi connectivity index (χ3v) is 4.40. The Labute approximate surface area is 158 Å². The van der Waals surface area contributed by atoms with Crippen LogP contribution in [0, 0.1) is 6.92 Å². The van der Waals surface area contributed by atoms with E-state index in [2.05, 4.69) is 32.7 Å². The minimum atomic E-state index is -0.690. The standard InChI is InChI=1S/C19H16BrN3O3/c1-3-8-23-15-6-5-12(20)10-13(15)17(19(23)26)21-22-18(25)14-9-11(2)4-7-16(14)24/h3-7,9-10,24,26H,1,8H2,2H3. The molecule has 0 radical (unpaired) electrons. The SMILES string of the molecule is C=CCn1c(O)c(N=NC(=O)c2cc(C)ccc2O)c2cc(Br)ccc21. The molecular weight excluding hydrogens is 398 g/mol. The van der Waals surface area contributed by atoms with Gasteiger partial charge in [0.15, 0.2) is 5.69 Å². The van der Waals surface area contributed by atoms with Gasteiger partial charge in [0.05, 0.1) is 11.1 Å². The summed E-state index contributed by atoms with van der Waals surface area (Å²) in [6.45, 7) is 5.87. The molecule has 0 fully saturated rings. The van der Waals surface area contributed by atoms with Gasteiger partial charge in [0.2, 0.25) is 5.88 Å². The van der Waals surface area contributed by atoms with Crippen molar-refractivity contribution in [1.82, 2.24) is 4.57 Å². The van der Waals surface area contributed by atoms with E-state index in [0.717, 1.165) is 15.6 Å². The van der Waals surface area contributed by atoms with Gasteiger partial charge < -0.3 is 14.8 Å². The number of hydrogen-bond donors (Lipinski definition) is 2. The number of fused-ring (bicyclic) bond motifs is 1. The molecule has 0 aliphatic carbocycles. The number of aromatic hydroxyl groups is 2. The molecule has 3 aromatic rings. The van der Waals surface area contributed by atoms with E-state index in [1.807, 2.05) is 12.1 Å². The van der Waals surface area contributed by atoms with Crippen molar-refractivity contribution in [3.05, 3.63) is 64.7 Å². The molecule has 1 heterocycles. The van der Waals surface area contributed by atoms with Crippen LogP contribution in [0.3, 0.4) is 0 Å². The molecule has 1 aromatic heterocycles. The van der Waals surface area contributed by atoms with Crippen molar-refractivity contribution >= 4 is 38.4 Å². The van der Waals surface area contributed by atoms with Crippen LogP contribution in [-0.2, 0) is 6.54 Å². The molecule has 0 saturated heterocycles. The molecule has 0 saturated carbocycles. The third kappa shape index (κ3) is 3.25. The van der Waals surface area contributed by atoms with Crippen molar-refractivity contribution in [2.45, 2.75) is 13.5 Å². The summed E-state index contributed by atoms with van der Waals surface area (Å²) < 4.78 is 2.43. The van der Waals surface area contributed by atoms with E-state index in [0.29, 0.717) is 11.9 Å². The maximum atomic E-state index is 12.3. The van der Waals surface area contributed by atoms with Gasteiger partial charge in [-0.2, -0.15) is 0 Å². The number of aromatic nitrogens is 1. The first-order valence-electron chi connectivity index (χ1n) is 7.79. The van der Waals surface area contributed by atoms with Crippen molar-refractivity contribution in [3.8, 4) is 11.6 Å². The zero-order chi connectivity index (χ0) is 18.8. The van der Waals surface area contributed by atoms with E-state index in [9.17, 15) is 15.0 Å². The predicted molar refractivity (Wildman–Crippen MR) is 103 cm³/mol. The van der Waals surface area contributed by atoms with E-state index in [1.165, 1.54) is 12.1 Å². The summed E-state index contributed by atoms with van der Waals surface area (Å²) in [5, 5.41) is 28.6. The predicted octanol–water partition coefficient (Wildman–Crippen LogP) is 5.23. The second kappa shape index (κ2) is 7.13. The number of allylic oxidation sites excluding steroid dienone is 1.